The average molecular weight is 349 g/mol. The van der Waals surface area contributed by atoms with Crippen LogP contribution < -0.4 is 5.32 Å². The van der Waals surface area contributed by atoms with Crippen LogP contribution in [0.3, 0.4) is 0 Å². The molecule has 2 aromatic rings. The van der Waals surface area contributed by atoms with E-state index in [2.05, 4.69) is 60.2 Å². The third kappa shape index (κ3) is 3.62. The third-order valence-electron chi connectivity index (χ3n) is 2.96. The molecule has 104 valence electrons. The number of benzene rings is 1. The van der Waals surface area contributed by atoms with Gasteiger partial charge in [0.25, 0.3) is 0 Å². The highest BCUT2D eigenvalue weighted by Gasteiger charge is 2.15. The SMILES string of the molecule is CC(C)(C)c1ccc(CNc2ccc(Br)cc2C#N)s1. The van der Waals surface area contributed by atoms with E-state index in [9.17, 15) is 0 Å². The largest absolute Gasteiger partial charge is 0.379 e. The standard InChI is InChI=1S/C16H17BrN2S/c1-16(2,3)15-7-5-13(20-15)10-19-14-6-4-12(17)8-11(14)9-18/h4-8,19H,10H2,1-3H3. The monoisotopic (exact) mass is 348 g/mol. The van der Waals surface area contributed by atoms with E-state index in [1.54, 1.807) is 0 Å². The van der Waals surface area contributed by atoms with Gasteiger partial charge >= 0.3 is 0 Å². The highest BCUT2D eigenvalue weighted by molar-refractivity contribution is 9.10. The summed E-state index contributed by atoms with van der Waals surface area (Å²) in [6, 6.07) is 12.3. The predicted molar refractivity (Wildman–Crippen MR) is 89.2 cm³/mol. The Bertz CT molecular complexity index is 647. The molecule has 0 spiro atoms. The van der Waals surface area contributed by atoms with Crippen LogP contribution in [0.25, 0.3) is 0 Å². The summed E-state index contributed by atoms with van der Waals surface area (Å²) >= 11 is 5.20. The first-order valence-electron chi connectivity index (χ1n) is 6.43. The van der Waals surface area contributed by atoms with E-state index in [-0.39, 0.29) is 5.41 Å². The maximum atomic E-state index is 9.14. The molecule has 0 bridgehead atoms. The molecule has 20 heavy (non-hydrogen) atoms. The fourth-order valence-electron chi connectivity index (χ4n) is 1.82. The van der Waals surface area contributed by atoms with E-state index in [4.69, 9.17) is 5.26 Å². The Morgan fingerprint density at radius 2 is 2.00 bits per heavy atom. The van der Waals surface area contributed by atoms with Crippen molar-refractivity contribution in [3.8, 4) is 6.07 Å². The molecule has 0 aliphatic rings. The van der Waals surface area contributed by atoms with Crippen molar-refractivity contribution < 1.29 is 0 Å². The van der Waals surface area contributed by atoms with Crippen molar-refractivity contribution in [3.05, 3.63) is 50.1 Å². The van der Waals surface area contributed by atoms with Crippen molar-refractivity contribution in [2.24, 2.45) is 0 Å². The molecule has 0 unspecified atom stereocenters. The first-order valence-corrected chi connectivity index (χ1v) is 8.04. The summed E-state index contributed by atoms with van der Waals surface area (Å²) in [6.45, 7) is 7.41. The number of nitriles is 1. The summed E-state index contributed by atoms with van der Waals surface area (Å²) in [5.74, 6) is 0. The van der Waals surface area contributed by atoms with Crippen molar-refractivity contribution in [3.63, 3.8) is 0 Å². The topological polar surface area (TPSA) is 35.8 Å². The zero-order valence-electron chi connectivity index (χ0n) is 11.8. The molecule has 4 heteroatoms. The van der Waals surface area contributed by atoms with Crippen molar-refractivity contribution >= 4 is 33.0 Å². The van der Waals surface area contributed by atoms with Crippen LogP contribution in [0, 0.1) is 11.3 Å². The van der Waals surface area contributed by atoms with E-state index in [0.29, 0.717) is 5.56 Å². The Morgan fingerprint density at radius 3 is 2.60 bits per heavy atom. The molecule has 1 heterocycles. The molecule has 1 N–H and O–H groups in total. The maximum Gasteiger partial charge on any atom is 0.101 e. The minimum absolute atomic E-state index is 0.193. The van der Waals surface area contributed by atoms with Gasteiger partial charge < -0.3 is 5.32 Å². The van der Waals surface area contributed by atoms with Gasteiger partial charge in [-0.3, -0.25) is 0 Å². The Morgan fingerprint density at radius 1 is 1.25 bits per heavy atom. The van der Waals surface area contributed by atoms with Crippen LogP contribution in [0.4, 0.5) is 5.69 Å². The zero-order chi connectivity index (χ0) is 14.8. The summed E-state index contributed by atoms with van der Waals surface area (Å²) in [6.07, 6.45) is 0. The number of halogens is 1. The van der Waals surface area contributed by atoms with Gasteiger partial charge in [-0.15, -0.1) is 11.3 Å². The number of thiophene rings is 1. The van der Waals surface area contributed by atoms with Crippen LogP contribution in [0.2, 0.25) is 0 Å². The van der Waals surface area contributed by atoms with Gasteiger partial charge in [-0.1, -0.05) is 36.7 Å². The summed E-state index contributed by atoms with van der Waals surface area (Å²) in [5.41, 5.74) is 1.73. The smallest absolute Gasteiger partial charge is 0.101 e. The Balaban J connectivity index is 2.10. The first kappa shape index (κ1) is 15.1. The van der Waals surface area contributed by atoms with Gasteiger partial charge in [-0.2, -0.15) is 5.26 Å². The number of hydrogen-bond donors (Lipinski definition) is 1. The van der Waals surface area contributed by atoms with Crippen LogP contribution in [0.15, 0.2) is 34.8 Å². The second-order valence-electron chi connectivity index (χ2n) is 5.67. The van der Waals surface area contributed by atoms with E-state index in [0.717, 1.165) is 16.7 Å². The summed E-state index contributed by atoms with van der Waals surface area (Å²) in [5, 5.41) is 12.5. The number of rotatable bonds is 3. The van der Waals surface area contributed by atoms with Crippen LogP contribution in [0.5, 0.6) is 0 Å². The number of anilines is 1. The molecule has 1 aromatic heterocycles. The predicted octanol–water partition coefficient (Wildman–Crippen LogP) is 5.29. The number of nitrogens with zero attached hydrogens (tertiary/aromatic N) is 1. The van der Waals surface area contributed by atoms with E-state index in [1.165, 1.54) is 9.75 Å². The molecule has 0 atom stereocenters. The lowest BCUT2D eigenvalue weighted by atomic mass is 9.95. The van der Waals surface area contributed by atoms with Crippen molar-refractivity contribution in [2.75, 3.05) is 5.32 Å². The van der Waals surface area contributed by atoms with Crippen LogP contribution >= 0.6 is 27.3 Å². The molecular formula is C16H17BrN2S. The molecule has 0 radical (unpaired) electrons. The minimum Gasteiger partial charge on any atom is -0.379 e. The molecule has 2 rings (SSSR count). The van der Waals surface area contributed by atoms with Gasteiger partial charge in [0.15, 0.2) is 0 Å². The van der Waals surface area contributed by atoms with Gasteiger partial charge in [0, 0.05) is 20.8 Å². The average Bonchev–Trinajstić information content (AvgIpc) is 2.86. The highest BCUT2D eigenvalue weighted by atomic mass is 79.9. The van der Waals surface area contributed by atoms with E-state index in [1.807, 2.05) is 29.5 Å². The second-order valence-corrected chi connectivity index (χ2v) is 7.76. The number of hydrogen-bond acceptors (Lipinski definition) is 3. The normalized spacial score (nSPS) is 11.2. The fourth-order valence-corrected chi connectivity index (χ4v) is 3.19. The Kier molecular flexibility index (Phi) is 4.52. The minimum atomic E-state index is 0.193. The molecule has 2 nitrogen and oxygen atoms in total. The Hall–Kier alpha value is -1.31. The lowest BCUT2D eigenvalue weighted by molar-refractivity contribution is 0.604. The van der Waals surface area contributed by atoms with Gasteiger partial charge in [-0.05, 0) is 35.7 Å². The number of nitrogens with one attached hydrogen (secondary N) is 1. The lowest BCUT2D eigenvalue weighted by Crippen LogP contribution is -2.07. The summed E-state index contributed by atoms with van der Waals surface area (Å²) in [7, 11) is 0. The quantitative estimate of drug-likeness (QED) is 0.817. The zero-order valence-corrected chi connectivity index (χ0v) is 14.2. The molecule has 0 saturated carbocycles. The van der Waals surface area contributed by atoms with Gasteiger partial charge in [0.05, 0.1) is 11.3 Å². The third-order valence-corrected chi connectivity index (χ3v) is 4.96. The molecule has 0 aliphatic heterocycles. The first-order chi connectivity index (χ1) is 9.40. The van der Waals surface area contributed by atoms with E-state index < -0.39 is 0 Å². The molecule has 0 saturated heterocycles. The van der Waals surface area contributed by atoms with Crippen molar-refractivity contribution in [2.45, 2.75) is 32.7 Å². The summed E-state index contributed by atoms with van der Waals surface area (Å²) < 4.78 is 0.922. The van der Waals surface area contributed by atoms with Crippen molar-refractivity contribution in [1.82, 2.24) is 0 Å². The highest BCUT2D eigenvalue weighted by Crippen LogP contribution is 2.30. The molecule has 0 amide bonds. The lowest BCUT2D eigenvalue weighted by Gasteiger charge is -2.15. The summed E-state index contributed by atoms with van der Waals surface area (Å²) in [4.78, 5) is 2.66. The Labute approximate surface area is 132 Å². The van der Waals surface area contributed by atoms with Crippen LogP contribution in [-0.2, 0) is 12.0 Å². The van der Waals surface area contributed by atoms with Crippen molar-refractivity contribution in [1.29, 1.82) is 5.26 Å². The van der Waals surface area contributed by atoms with Crippen LogP contribution in [0.1, 0.15) is 36.1 Å². The molecular weight excluding hydrogens is 332 g/mol. The van der Waals surface area contributed by atoms with Gasteiger partial charge in [-0.25, -0.2) is 0 Å². The molecule has 0 aliphatic carbocycles. The molecule has 1 aromatic carbocycles. The van der Waals surface area contributed by atoms with Gasteiger partial charge in [0.1, 0.15) is 6.07 Å². The fraction of sp³-hybridized carbons (Fsp3) is 0.312. The van der Waals surface area contributed by atoms with Gasteiger partial charge in [0.2, 0.25) is 0 Å². The second kappa shape index (κ2) is 5.99. The maximum absolute atomic E-state index is 9.14. The van der Waals surface area contributed by atoms with E-state index >= 15 is 0 Å². The van der Waals surface area contributed by atoms with Crippen LogP contribution in [-0.4, -0.2) is 0 Å². The molecule has 0 fully saturated rings.